The zero-order valence-electron chi connectivity index (χ0n) is 10.3. The summed E-state index contributed by atoms with van der Waals surface area (Å²) < 4.78 is 0. The van der Waals surface area contributed by atoms with Crippen molar-refractivity contribution in [3.8, 4) is 0 Å². The van der Waals surface area contributed by atoms with Gasteiger partial charge in [0.25, 0.3) is 0 Å². The van der Waals surface area contributed by atoms with Gasteiger partial charge in [0, 0.05) is 0 Å². The van der Waals surface area contributed by atoms with E-state index < -0.39 is 5.97 Å². The average molecular weight is 212 g/mol. The Kier molecular flexibility index (Phi) is 6.30. The van der Waals surface area contributed by atoms with E-state index in [1.807, 2.05) is 0 Å². The maximum absolute atomic E-state index is 10.7. The Labute approximate surface area is 93.4 Å². The van der Waals surface area contributed by atoms with E-state index in [-0.39, 0.29) is 5.92 Å². The highest BCUT2D eigenvalue weighted by Gasteiger charge is 2.13. The van der Waals surface area contributed by atoms with Gasteiger partial charge in [-0.15, -0.1) is 6.58 Å². The summed E-state index contributed by atoms with van der Waals surface area (Å²) in [7, 11) is 0. The SMILES string of the molecule is C=CC(CCCCCC(C)(C)C)C(=O)O. The minimum absolute atomic E-state index is 0.361. The summed E-state index contributed by atoms with van der Waals surface area (Å²) in [5.41, 5.74) is 0.393. The molecule has 1 N–H and O–H groups in total. The van der Waals surface area contributed by atoms with Gasteiger partial charge in [0.05, 0.1) is 5.92 Å². The van der Waals surface area contributed by atoms with Gasteiger partial charge in [0.15, 0.2) is 0 Å². The minimum atomic E-state index is -0.749. The molecule has 0 radical (unpaired) electrons. The van der Waals surface area contributed by atoms with E-state index in [0.29, 0.717) is 5.41 Å². The molecule has 0 saturated heterocycles. The van der Waals surface area contributed by atoms with E-state index in [0.717, 1.165) is 19.3 Å². The third-order valence-corrected chi connectivity index (χ3v) is 2.54. The number of unbranched alkanes of at least 4 members (excludes halogenated alkanes) is 2. The van der Waals surface area contributed by atoms with Gasteiger partial charge >= 0.3 is 5.97 Å². The van der Waals surface area contributed by atoms with Crippen LogP contribution in [-0.2, 0) is 4.79 Å². The standard InChI is InChI=1S/C13H24O2/c1-5-11(12(14)15)9-7-6-8-10-13(2,3)4/h5,11H,1,6-10H2,2-4H3,(H,14,15). The lowest BCUT2D eigenvalue weighted by atomic mass is 9.89. The number of aliphatic carboxylic acids is 1. The number of carbonyl (C=O) groups is 1. The van der Waals surface area contributed by atoms with E-state index >= 15 is 0 Å². The van der Waals surface area contributed by atoms with E-state index in [9.17, 15) is 4.79 Å². The molecular weight excluding hydrogens is 188 g/mol. The van der Waals surface area contributed by atoms with Crippen molar-refractivity contribution in [2.24, 2.45) is 11.3 Å². The topological polar surface area (TPSA) is 37.3 Å². The molecule has 15 heavy (non-hydrogen) atoms. The van der Waals surface area contributed by atoms with Gasteiger partial charge in [0.1, 0.15) is 0 Å². The van der Waals surface area contributed by atoms with Gasteiger partial charge < -0.3 is 5.11 Å². The molecule has 0 aliphatic heterocycles. The second-order valence-corrected chi connectivity index (χ2v) is 5.34. The van der Waals surface area contributed by atoms with Crippen molar-refractivity contribution in [1.82, 2.24) is 0 Å². The molecule has 1 atom stereocenters. The van der Waals surface area contributed by atoms with Crippen molar-refractivity contribution in [1.29, 1.82) is 0 Å². The van der Waals surface area contributed by atoms with Crippen LogP contribution in [0.15, 0.2) is 12.7 Å². The molecule has 2 nitrogen and oxygen atoms in total. The molecule has 0 heterocycles. The molecule has 0 aliphatic carbocycles. The third-order valence-electron chi connectivity index (χ3n) is 2.54. The number of hydrogen-bond donors (Lipinski definition) is 1. The maximum Gasteiger partial charge on any atom is 0.310 e. The molecule has 0 spiro atoms. The van der Waals surface area contributed by atoms with Crippen molar-refractivity contribution < 1.29 is 9.90 Å². The molecule has 0 aliphatic rings. The van der Waals surface area contributed by atoms with Crippen molar-refractivity contribution >= 4 is 5.97 Å². The third kappa shape index (κ3) is 8.22. The van der Waals surface area contributed by atoms with Crippen LogP contribution in [0, 0.1) is 11.3 Å². The molecule has 0 aromatic heterocycles. The van der Waals surface area contributed by atoms with Crippen LogP contribution in [0.5, 0.6) is 0 Å². The maximum atomic E-state index is 10.7. The first kappa shape index (κ1) is 14.2. The highest BCUT2D eigenvalue weighted by Crippen LogP contribution is 2.23. The normalized spacial score (nSPS) is 13.5. The number of hydrogen-bond acceptors (Lipinski definition) is 1. The molecule has 0 fully saturated rings. The summed E-state index contributed by atoms with van der Waals surface area (Å²) in [6, 6.07) is 0. The lowest BCUT2D eigenvalue weighted by Gasteiger charge is -2.17. The Bertz CT molecular complexity index is 201. The fourth-order valence-electron chi connectivity index (χ4n) is 1.54. The summed E-state index contributed by atoms with van der Waals surface area (Å²) in [6.07, 6.45) is 6.76. The lowest BCUT2D eigenvalue weighted by Crippen LogP contribution is -2.10. The first-order valence-corrected chi connectivity index (χ1v) is 5.72. The molecule has 1 unspecified atom stereocenters. The van der Waals surface area contributed by atoms with Crippen LogP contribution in [0.2, 0.25) is 0 Å². The van der Waals surface area contributed by atoms with Gasteiger partial charge in [-0.1, -0.05) is 46.1 Å². The zero-order valence-corrected chi connectivity index (χ0v) is 10.3. The van der Waals surface area contributed by atoms with Gasteiger partial charge in [-0.2, -0.15) is 0 Å². The average Bonchev–Trinajstić information content (AvgIpc) is 2.08. The molecule has 0 rings (SSSR count). The fraction of sp³-hybridized carbons (Fsp3) is 0.769. The van der Waals surface area contributed by atoms with Crippen molar-refractivity contribution in [3.63, 3.8) is 0 Å². The van der Waals surface area contributed by atoms with Crippen LogP contribution in [-0.4, -0.2) is 11.1 Å². The number of rotatable bonds is 7. The van der Waals surface area contributed by atoms with Crippen molar-refractivity contribution in [2.75, 3.05) is 0 Å². The Balaban J connectivity index is 3.54. The van der Waals surface area contributed by atoms with Crippen LogP contribution in [0.1, 0.15) is 52.9 Å². The molecule has 88 valence electrons. The van der Waals surface area contributed by atoms with E-state index in [4.69, 9.17) is 5.11 Å². The van der Waals surface area contributed by atoms with Gasteiger partial charge in [0.2, 0.25) is 0 Å². The largest absolute Gasteiger partial charge is 0.481 e. The molecular formula is C13H24O2. The summed E-state index contributed by atoms with van der Waals surface area (Å²) in [5.74, 6) is -1.11. The molecule has 0 saturated carbocycles. The second kappa shape index (κ2) is 6.65. The first-order chi connectivity index (χ1) is 6.87. The van der Waals surface area contributed by atoms with Crippen molar-refractivity contribution in [2.45, 2.75) is 52.9 Å². The predicted octanol–water partition coefficient (Wildman–Crippen LogP) is 3.87. The first-order valence-electron chi connectivity index (χ1n) is 5.72. The Morgan fingerprint density at radius 1 is 1.33 bits per heavy atom. The number of carboxylic acid groups (broad SMARTS) is 1. The number of carboxylic acids is 1. The van der Waals surface area contributed by atoms with Crippen LogP contribution in [0.3, 0.4) is 0 Å². The Morgan fingerprint density at radius 3 is 2.33 bits per heavy atom. The molecule has 0 amide bonds. The van der Waals surface area contributed by atoms with Crippen LogP contribution >= 0.6 is 0 Å². The molecule has 0 aromatic rings. The summed E-state index contributed by atoms with van der Waals surface area (Å²) >= 11 is 0. The van der Waals surface area contributed by atoms with E-state index in [1.54, 1.807) is 0 Å². The summed E-state index contributed by atoms with van der Waals surface area (Å²) in [6.45, 7) is 10.2. The molecule has 0 bridgehead atoms. The Morgan fingerprint density at radius 2 is 1.93 bits per heavy atom. The van der Waals surface area contributed by atoms with E-state index in [1.165, 1.54) is 18.9 Å². The predicted molar refractivity (Wildman–Crippen MR) is 63.9 cm³/mol. The van der Waals surface area contributed by atoms with Crippen LogP contribution < -0.4 is 0 Å². The summed E-state index contributed by atoms with van der Waals surface area (Å²) in [4.78, 5) is 10.7. The fourth-order valence-corrected chi connectivity index (χ4v) is 1.54. The zero-order chi connectivity index (χ0) is 11.9. The van der Waals surface area contributed by atoms with Crippen molar-refractivity contribution in [3.05, 3.63) is 12.7 Å². The highest BCUT2D eigenvalue weighted by molar-refractivity contribution is 5.71. The Hall–Kier alpha value is -0.790. The van der Waals surface area contributed by atoms with Gasteiger partial charge in [-0.05, 0) is 18.3 Å². The van der Waals surface area contributed by atoms with Gasteiger partial charge in [-0.3, -0.25) is 4.79 Å². The second-order valence-electron chi connectivity index (χ2n) is 5.34. The van der Waals surface area contributed by atoms with Crippen LogP contribution in [0.25, 0.3) is 0 Å². The molecule has 0 aromatic carbocycles. The highest BCUT2D eigenvalue weighted by atomic mass is 16.4. The van der Waals surface area contributed by atoms with Crippen LogP contribution in [0.4, 0.5) is 0 Å². The smallest absolute Gasteiger partial charge is 0.310 e. The molecule has 2 heteroatoms. The monoisotopic (exact) mass is 212 g/mol. The lowest BCUT2D eigenvalue weighted by molar-refractivity contribution is -0.140. The minimum Gasteiger partial charge on any atom is -0.481 e. The van der Waals surface area contributed by atoms with Gasteiger partial charge in [-0.25, -0.2) is 0 Å². The quantitative estimate of drug-likeness (QED) is 0.514. The van der Waals surface area contributed by atoms with E-state index in [2.05, 4.69) is 27.4 Å². The summed E-state index contributed by atoms with van der Waals surface area (Å²) in [5, 5.41) is 8.79.